The SMILES string of the molecule is CN1CC=C[C@H]2O[C@]34C=CCN(Cn5nnc6ccccc65)C(=O)C3N([C@H](CO)c3ccccc3)C(=O)[C@@H]4[C@H]2C1=O. The number of hydrogen-bond donors (Lipinski definition) is 1. The second-order valence-corrected chi connectivity index (χ2v) is 11.0. The van der Waals surface area contributed by atoms with E-state index in [1.807, 2.05) is 72.8 Å². The maximum absolute atomic E-state index is 14.6. The van der Waals surface area contributed by atoms with Crippen LogP contribution in [-0.2, 0) is 25.8 Å². The zero-order chi connectivity index (χ0) is 28.3. The molecule has 210 valence electrons. The lowest BCUT2D eigenvalue weighted by molar-refractivity contribution is -0.152. The summed E-state index contributed by atoms with van der Waals surface area (Å²) in [6, 6.07) is 14.7. The number of benzene rings is 2. The van der Waals surface area contributed by atoms with Gasteiger partial charge in [0.25, 0.3) is 5.91 Å². The van der Waals surface area contributed by atoms with Gasteiger partial charge in [-0.3, -0.25) is 14.4 Å². The first-order valence-electron chi connectivity index (χ1n) is 13.8. The minimum Gasteiger partial charge on any atom is -0.394 e. The van der Waals surface area contributed by atoms with Gasteiger partial charge in [0.05, 0.1) is 36.1 Å². The van der Waals surface area contributed by atoms with Crippen LogP contribution < -0.4 is 0 Å². The number of nitrogens with zero attached hydrogens (tertiary/aromatic N) is 6. The molecular formula is C30H30N6O5. The lowest BCUT2D eigenvalue weighted by atomic mass is 9.77. The van der Waals surface area contributed by atoms with E-state index >= 15 is 0 Å². The summed E-state index contributed by atoms with van der Waals surface area (Å²) in [4.78, 5) is 47.4. The number of para-hydroxylation sites is 1. The molecule has 2 fully saturated rings. The molecule has 0 bridgehead atoms. The molecule has 4 aliphatic rings. The molecule has 3 amide bonds. The van der Waals surface area contributed by atoms with E-state index in [9.17, 15) is 19.5 Å². The molecule has 7 rings (SSSR count). The highest BCUT2D eigenvalue weighted by atomic mass is 16.5. The summed E-state index contributed by atoms with van der Waals surface area (Å²) >= 11 is 0. The van der Waals surface area contributed by atoms with Crippen LogP contribution in [-0.4, -0.2) is 97.0 Å². The molecule has 0 saturated carbocycles. The molecule has 1 N–H and O–H groups in total. The number of likely N-dealkylation sites (N-methyl/N-ethyl adjacent to an activating group) is 1. The van der Waals surface area contributed by atoms with Gasteiger partial charge in [-0.15, -0.1) is 5.10 Å². The number of hydrogen-bond acceptors (Lipinski definition) is 7. The standard InChI is InChI=1S/C30H30N6O5/c1-33-15-7-13-23-24(27(33)38)25-28(39)36(22(17-37)19-9-3-2-4-10-19)26-29(40)34(16-8-14-30(25,26)41-23)18-35-21-12-6-5-11-20(21)31-32-35/h2-14,22-26,37H,15-18H2,1H3/t22-,23-,24+,25+,26?,30+/m1/s1. The summed E-state index contributed by atoms with van der Waals surface area (Å²) in [5, 5.41) is 19.1. The molecule has 1 unspecified atom stereocenters. The molecule has 6 atom stereocenters. The van der Waals surface area contributed by atoms with Crippen molar-refractivity contribution in [3.05, 3.63) is 84.5 Å². The van der Waals surface area contributed by atoms with Gasteiger partial charge in [-0.1, -0.05) is 72.0 Å². The van der Waals surface area contributed by atoms with Gasteiger partial charge < -0.3 is 24.5 Å². The van der Waals surface area contributed by atoms with E-state index in [0.29, 0.717) is 17.6 Å². The summed E-state index contributed by atoms with van der Waals surface area (Å²) in [6.07, 6.45) is 6.67. The Morgan fingerprint density at radius 2 is 1.78 bits per heavy atom. The Labute approximate surface area is 236 Å². The molecule has 1 aromatic heterocycles. The van der Waals surface area contributed by atoms with E-state index in [1.54, 1.807) is 27.6 Å². The summed E-state index contributed by atoms with van der Waals surface area (Å²) < 4.78 is 8.32. The van der Waals surface area contributed by atoms with E-state index in [-0.39, 0.29) is 30.9 Å². The van der Waals surface area contributed by atoms with E-state index in [4.69, 9.17) is 4.74 Å². The molecular weight excluding hydrogens is 524 g/mol. The average Bonchev–Trinajstić information content (AvgIpc) is 3.55. The Morgan fingerprint density at radius 3 is 2.59 bits per heavy atom. The number of amides is 3. The zero-order valence-electron chi connectivity index (χ0n) is 22.5. The number of likely N-dealkylation sites (tertiary alicyclic amines) is 1. The van der Waals surface area contributed by atoms with Crippen molar-refractivity contribution in [1.29, 1.82) is 0 Å². The zero-order valence-corrected chi connectivity index (χ0v) is 22.5. The Kier molecular flexibility index (Phi) is 6.02. The second-order valence-electron chi connectivity index (χ2n) is 11.0. The van der Waals surface area contributed by atoms with Gasteiger partial charge in [0.2, 0.25) is 11.8 Å². The molecule has 2 saturated heterocycles. The van der Waals surface area contributed by atoms with Gasteiger partial charge in [0.1, 0.15) is 23.8 Å². The van der Waals surface area contributed by atoms with E-state index in [2.05, 4.69) is 10.3 Å². The van der Waals surface area contributed by atoms with Crippen molar-refractivity contribution in [2.45, 2.75) is 30.5 Å². The number of aliphatic hydroxyl groups is 1. The number of carbonyl (C=O) groups is 3. The van der Waals surface area contributed by atoms with Crippen LogP contribution in [0.1, 0.15) is 11.6 Å². The van der Waals surface area contributed by atoms with Gasteiger partial charge in [0, 0.05) is 20.1 Å². The quantitative estimate of drug-likeness (QED) is 0.470. The van der Waals surface area contributed by atoms with Crippen molar-refractivity contribution < 1.29 is 24.2 Å². The van der Waals surface area contributed by atoms with Crippen molar-refractivity contribution >= 4 is 28.8 Å². The van der Waals surface area contributed by atoms with Crippen molar-refractivity contribution in [2.75, 3.05) is 26.7 Å². The first-order valence-corrected chi connectivity index (χ1v) is 13.8. The maximum atomic E-state index is 14.6. The van der Waals surface area contributed by atoms with Gasteiger partial charge in [-0.25, -0.2) is 4.68 Å². The largest absolute Gasteiger partial charge is 0.394 e. The lowest BCUT2D eigenvalue weighted by Gasteiger charge is -2.38. The fraction of sp³-hybridized carbons (Fsp3) is 0.367. The molecule has 11 heteroatoms. The third-order valence-electron chi connectivity index (χ3n) is 8.80. The Morgan fingerprint density at radius 1 is 1.00 bits per heavy atom. The van der Waals surface area contributed by atoms with Crippen molar-refractivity contribution in [3.63, 3.8) is 0 Å². The van der Waals surface area contributed by atoms with Crippen LogP contribution in [0.15, 0.2) is 78.9 Å². The van der Waals surface area contributed by atoms with Gasteiger partial charge >= 0.3 is 0 Å². The van der Waals surface area contributed by atoms with Gasteiger partial charge in [-0.2, -0.15) is 0 Å². The molecule has 0 aliphatic carbocycles. The van der Waals surface area contributed by atoms with Crippen LogP contribution in [0.25, 0.3) is 11.0 Å². The van der Waals surface area contributed by atoms with E-state index in [1.165, 1.54) is 4.90 Å². The molecule has 0 radical (unpaired) electrons. The van der Waals surface area contributed by atoms with Crippen LogP contribution in [0.4, 0.5) is 0 Å². The highest BCUT2D eigenvalue weighted by Crippen LogP contribution is 2.55. The average molecular weight is 555 g/mol. The third-order valence-corrected chi connectivity index (χ3v) is 8.80. The van der Waals surface area contributed by atoms with E-state index in [0.717, 1.165) is 5.52 Å². The van der Waals surface area contributed by atoms with E-state index < -0.39 is 42.2 Å². The number of fused-ring (bicyclic) bond motifs is 3. The van der Waals surface area contributed by atoms with Crippen LogP contribution in [0, 0.1) is 11.8 Å². The predicted octanol–water partition coefficient (Wildman–Crippen LogP) is 1.13. The van der Waals surface area contributed by atoms with Gasteiger partial charge in [-0.05, 0) is 17.7 Å². The summed E-state index contributed by atoms with van der Waals surface area (Å²) in [5.41, 5.74) is 0.783. The number of ether oxygens (including phenoxy) is 1. The van der Waals surface area contributed by atoms with Crippen LogP contribution in [0.2, 0.25) is 0 Å². The Balaban J connectivity index is 1.35. The van der Waals surface area contributed by atoms with Crippen molar-refractivity contribution in [2.24, 2.45) is 11.8 Å². The fourth-order valence-electron chi connectivity index (χ4n) is 6.93. The molecule has 5 heterocycles. The summed E-state index contributed by atoms with van der Waals surface area (Å²) in [5.74, 6) is -2.65. The monoisotopic (exact) mass is 554 g/mol. The van der Waals surface area contributed by atoms with Crippen LogP contribution in [0.3, 0.4) is 0 Å². The van der Waals surface area contributed by atoms with Gasteiger partial charge in [0.15, 0.2) is 0 Å². The first-order chi connectivity index (χ1) is 19.9. The van der Waals surface area contributed by atoms with Crippen LogP contribution >= 0.6 is 0 Å². The fourth-order valence-corrected chi connectivity index (χ4v) is 6.93. The number of rotatable bonds is 5. The molecule has 2 aromatic carbocycles. The smallest absolute Gasteiger partial charge is 0.250 e. The number of carbonyl (C=O) groups excluding carboxylic acids is 3. The molecule has 4 aliphatic heterocycles. The minimum absolute atomic E-state index is 0.104. The topological polar surface area (TPSA) is 121 Å². The predicted molar refractivity (Wildman–Crippen MR) is 147 cm³/mol. The first kappa shape index (κ1) is 25.6. The highest BCUT2D eigenvalue weighted by molar-refractivity contribution is 6.00. The Bertz CT molecular complexity index is 1590. The second kappa shape index (κ2) is 9.64. The molecule has 3 aromatic rings. The molecule has 1 spiro atoms. The van der Waals surface area contributed by atoms with Crippen molar-refractivity contribution in [1.82, 2.24) is 29.7 Å². The van der Waals surface area contributed by atoms with Crippen LogP contribution in [0.5, 0.6) is 0 Å². The maximum Gasteiger partial charge on any atom is 0.250 e. The minimum atomic E-state index is -1.39. The molecule has 11 nitrogen and oxygen atoms in total. The number of aliphatic hydroxyl groups excluding tert-OH is 1. The normalized spacial score (nSPS) is 29.9. The Hall–Kier alpha value is -4.35. The molecule has 41 heavy (non-hydrogen) atoms. The lowest BCUT2D eigenvalue weighted by Crippen LogP contribution is -2.56. The summed E-state index contributed by atoms with van der Waals surface area (Å²) in [6.45, 7) is 0.361. The summed E-state index contributed by atoms with van der Waals surface area (Å²) in [7, 11) is 1.70. The third kappa shape index (κ3) is 3.76. The van der Waals surface area contributed by atoms with Crippen molar-refractivity contribution in [3.8, 4) is 0 Å². The number of aromatic nitrogens is 3. The highest BCUT2D eigenvalue weighted by Gasteiger charge is 2.72.